The Labute approximate surface area is 122 Å². The number of nitrogens with one attached hydrogen (secondary N) is 1. The van der Waals surface area contributed by atoms with Crippen LogP contribution in [0, 0.1) is 0 Å². The van der Waals surface area contributed by atoms with Crippen molar-refractivity contribution in [3.63, 3.8) is 0 Å². The van der Waals surface area contributed by atoms with Gasteiger partial charge in [0, 0.05) is 18.3 Å². The van der Waals surface area contributed by atoms with Crippen LogP contribution in [0.25, 0.3) is 11.1 Å². The molecule has 2 aromatic rings. The molecule has 0 radical (unpaired) electrons. The second-order valence-corrected chi connectivity index (χ2v) is 4.72. The lowest BCUT2D eigenvalue weighted by Crippen LogP contribution is -2.20. The van der Waals surface area contributed by atoms with E-state index in [-0.39, 0.29) is 0 Å². The summed E-state index contributed by atoms with van der Waals surface area (Å²) < 4.78 is 10.6. The molecule has 0 fully saturated rings. The number of H-pyrrole nitrogens is 1. The van der Waals surface area contributed by atoms with E-state index < -0.39 is 6.09 Å². The van der Waals surface area contributed by atoms with E-state index in [0.29, 0.717) is 18.1 Å². The molecule has 1 aromatic carbocycles. The predicted molar refractivity (Wildman–Crippen MR) is 78.3 cm³/mol. The van der Waals surface area contributed by atoms with E-state index in [1.165, 1.54) is 0 Å². The van der Waals surface area contributed by atoms with Gasteiger partial charge in [-0.25, -0.2) is 4.79 Å². The van der Waals surface area contributed by atoms with Crippen LogP contribution in [0.2, 0.25) is 0 Å². The molecule has 0 aliphatic carbocycles. The molecule has 7 nitrogen and oxygen atoms in total. The summed E-state index contributed by atoms with van der Waals surface area (Å²) in [6.07, 6.45) is 2.60. The number of rotatable bonds is 6. The molecule has 21 heavy (non-hydrogen) atoms. The standard InChI is InChI=1S/C14H18N4O3/c1-18(2)5-6-20-13-7-10(11-8-16-17-9-11)3-4-12(13)21-14(15)19/h3-4,7-9H,5-6H2,1-2H3,(H2,15,19)(H,16,17). The Morgan fingerprint density at radius 1 is 1.33 bits per heavy atom. The number of hydrogen-bond acceptors (Lipinski definition) is 5. The van der Waals surface area contributed by atoms with Gasteiger partial charge in [0.15, 0.2) is 11.5 Å². The molecule has 0 bridgehead atoms. The van der Waals surface area contributed by atoms with E-state index in [1.54, 1.807) is 24.5 Å². The fourth-order valence-electron chi connectivity index (χ4n) is 1.74. The Morgan fingerprint density at radius 3 is 2.76 bits per heavy atom. The molecular formula is C14H18N4O3. The lowest BCUT2D eigenvalue weighted by molar-refractivity contribution is 0.205. The minimum Gasteiger partial charge on any atom is -0.488 e. The highest BCUT2D eigenvalue weighted by Gasteiger charge is 2.11. The number of hydrogen-bond donors (Lipinski definition) is 2. The van der Waals surface area contributed by atoms with Gasteiger partial charge in [-0.3, -0.25) is 5.10 Å². The first kappa shape index (κ1) is 14.9. The van der Waals surface area contributed by atoms with Crippen LogP contribution in [0.5, 0.6) is 11.5 Å². The first-order valence-corrected chi connectivity index (χ1v) is 6.44. The summed E-state index contributed by atoms with van der Waals surface area (Å²) in [6, 6.07) is 5.25. The first-order chi connectivity index (χ1) is 10.1. The van der Waals surface area contributed by atoms with Gasteiger partial charge in [-0.05, 0) is 31.8 Å². The zero-order valence-corrected chi connectivity index (χ0v) is 12.0. The fourth-order valence-corrected chi connectivity index (χ4v) is 1.74. The molecule has 112 valence electrons. The van der Waals surface area contributed by atoms with Crippen LogP contribution in [0.1, 0.15) is 0 Å². The molecule has 0 aliphatic rings. The monoisotopic (exact) mass is 290 g/mol. The summed E-state index contributed by atoms with van der Waals surface area (Å²) >= 11 is 0. The molecule has 3 N–H and O–H groups in total. The van der Waals surface area contributed by atoms with Crippen LogP contribution >= 0.6 is 0 Å². The number of aromatic nitrogens is 2. The number of primary amides is 1. The molecule has 0 aliphatic heterocycles. The summed E-state index contributed by atoms with van der Waals surface area (Å²) in [6.45, 7) is 1.21. The van der Waals surface area contributed by atoms with Crippen LogP contribution in [0.15, 0.2) is 30.6 Å². The van der Waals surface area contributed by atoms with E-state index in [9.17, 15) is 4.79 Å². The lowest BCUT2D eigenvalue weighted by Gasteiger charge is -2.14. The molecule has 2 rings (SSSR count). The van der Waals surface area contributed by atoms with Crippen molar-refractivity contribution in [1.29, 1.82) is 0 Å². The number of carbonyl (C=O) groups is 1. The predicted octanol–water partition coefficient (Wildman–Crippen LogP) is 1.47. The Kier molecular flexibility index (Phi) is 4.78. The van der Waals surface area contributed by atoms with Crippen molar-refractivity contribution in [2.24, 2.45) is 5.73 Å². The Balaban J connectivity index is 2.22. The molecule has 1 heterocycles. The van der Waals surface area contributed by atoms with Crippen molar-refractivity contribution in [3.05, 3.63) is 30.6 Å². The summed E-state index contributed by atoms with van der Waals surface area (Å²) in [4.78, 5) is 12.9. The third-order valence-corrected chi connectivity index (χ3v) is 2.78. The molecule has 0 unspecified atom stereocenters. The van der Waals surface area contributed by atoms with Crippen molar-refractivity contribution in [1.82, 2.24) is 15.1 Å². The number of likely N-dealkylation sites (N-methyl/N-ethyl adjacent to an activating group) is 1. The molecule has 0 saturated heterocycles. The highest BCUT2D eigenvalue weighted by Crippen LogP contribution is 2.32. The van der Waals surface area contributed by atoms with Crippen molar-refractivity contribution < 1.29 is 14.3 Å². The maximum atomic E-state index is 10.9. The van der Waals surface area contributed by atoms with Gasteiger partial charge in [0.2, 0.25) is 0 Å². The number of benzene rings is 1. The van der Waals surface area contributed by atoms with Crippen molar-refractivity contribution in [3.8, 4) is 22.6 Å². The number of amides is 1. The minimum absolute atomic E-state index is 0.300. The summed E-state index contributed by atoms with van der Waals surface area (Å²) in [5.41, 5.74) is 6.88. The largest absolute Gasteiger partial charge is 0.488 e. The second-order valence-electron chi connectivity index (χ2n) is 4.72. The van der Waals surface area contributed by atoms with Crippen molar-refractivity contribution in [2.75, 3.05) is 27.2 Å². The number of nitrogens with two attached hydrogens (primary N) is 1. The summed E-state index contributed by atoms with van der Waals surface area (Å²) in [7, 11) is 3.90. The van der Waals surface area contributed by atoms with E-state index in [2.05, 4.69) is 10.2 Å². The van der Waals surface area contributed by atoms with E-state index in [0.717, 1.165) is 17.7 Å². The maximum Gasteiger partial charge on any atom is 0.410 e. The third-order valence-electron chi connectivity index (χ3n) is 2.78. The fraction of sp³-hybridized carbons (Fsp3) is 0.286. The first-order valence-electron chi connectivity index (χ1n) is 6.44. The van der Waals surface area contributed by atoms with E-state index >= 15 is 0 Å². The van der Waals surface area contributed by atoms with E-state index in [4.69, 9.17) is 15.2 Å². The third kappa shape index (κ3) is 4.22. The number of carbonyl (C=O) groups excluding carboxylic acids is 1. The summed E-state index contributed by atoms with van der Waals surface area (Å²) in [5, 5.41) is 6.66. The normalized spacial score (nSPS) is 10.6. The van der Waals surface area contributed by atoms with Gasteiger partial charge in [0.25, 0.3) is 0 Å². The van der Waals surface area contributed by atoms with Gasteiger partial charge in [-0.2, -0.15) is 5.10 Å². The van der Waals surface area contributed by atoms with Gasteiger partial charge < -0.3 is 20.1 Å². The average molecular weight is 290 g/mol. The molecule has 0 atom stereocenters. The Morgan fingerprint density at radius 2 is 2.14 bits per heavy atom. The molecule has 0 saturated carbocycles. The second kappa shape index (κ2) is 6.76. The molecule has 0 spiro atoms. The zero-order chi connectivity index (χ0) is 15.2. The Hall–Kier alpha value is -2.54. The lowest BCUT2D eigenvalue weighted by atomic mass is 10.1. The minimum atomic E-state index is -0.872. The van der Waals surface area contributed by atoms with Gasteiger partial charge in [0.1, 0.15) is 6.61 Å². The average Bonchev–Trinajstić information content (AvgIpc) is 2.93. The topological polar surface area (TPSA) is 93.5 Å². The van der Waals surface area contributed by atoms with Crippen LogP contribution in [-0.2, 0) is 0 Å². The van der Waals surface area contributed by atoms with Gasteiger partial charge in [-0.1, -0.05) is 6.07 Å². The highest BCUT2D eigenvalue weighted by molar-refractivity contribution is 5.71. The van der Waals surface area contributed by atoms with E-state index in [1.807, 2.05) is 25.1 Å². The molecule has 1 aromatic heterocycles. The zero-order valence-electron chi connectivity index (χ0n) is 12.0. The van der Waals surface area contributed by atoms with Crippen LogP contribution < -0.4 is 15.2 Å². The van der Waals surface area contributed by atoms with Crippen LogP contribution in [-0.4, -0.2) is 48.4 Å². The molecular weight excluding hydrogens is 272 g/mol. The quantitative estimate of drug-likeness (QED) is 0.840. The number of nitrogens with zero attached hydrogens (tertiary/aromatic N) is 2. The van der Waals surface area contributed by atoms with Crippen LogP contribution in [0.4, 0.5) is 4.79 Å². The van der Waals surface area contributed by atoms with Gasteiger partial charge >= 0.3 is 6.09 Å². The van der Waals surface area contributed by atoms with Crippen molar-refractivity contribution in [2.45, 2.75) is 0 Å². The highest BCUT2D eigenvalue weighted by atomic mass is 16.6. The van der Waals surface area contributed by atoms with Gasteiger partial charge in [-0.15, -0.1) is 0 Å². The Bertz CT molecular complexity index is 596. The molecule has 1 amide bonds. The van der Waals surface area contributed by atoms with Crippen molar-refractivity contribution >= 4 is 6.09 Å². The SMILES string of the molecule is CN(C)CCOc1cc(-c2cn[nH]c2)ccc1OC(N)=O. The molecule has 7 heteroatoms. The summed E-state index contributed by atoms with van der Waals surface area (Å²) in [5.74, 6) is 0.767. The van der Waals surface area contributed by atoms with Crippen LogP contribution in [0.3, 0.4) is 0 Å². The smallest absolute Gasteiger partial charge is 0.410 e. The number of ether oxygens (including phenoxy) is 2. The maximum absolute atomic E-state index is 10.9. The number of aromatic amines is 1. The van der Waals surface area contributed by atoms with Gasteiger partial charge in [0.05, 0.1) is 6.20 Å².